The summed E-state index contributed by atoms with van der Waals surface area (Å²) in [4.78, 5) is 0. The standard InChI is InChI=1S/C17H21NO2/c1-13(14-8-10-16(20-2)11-9-14)18-12-17(19)15-6-4-3-5-7-15/h3-11,13,17-19H,12H2,1-2H3/t13-,17?/m0/s1. The molecule has 1 unspecified atom stereocenters. The van der Waals surface area contributed by atoms with Crippen LogP contribution in [0.2, 0.25) is 0 Å². The monoisotopic (exact) mass is 271 g/mol. The minimum absolute atomic E-state index is 0.180. The summed E-state index contributed by atoms with van der Waals surface area (Å²) in [6, 6.07) is 17.8. The Bertz CT molecular complexity index is 510. The second-order valence-electron chi connectivity index (χ2n) is 4.83. The van der Waals surface area contributed by atoms with Gasteiger partial charge in [0.25, 0.3) is 0 Å². The molecule has 0 amide bonds. The van der Waals surface area contributed by atoms with Gasteiger partial charge in [0.1, 0.15) is 5.75 Å². The number of rotatable bonds is 6. The Morgan fingerprint density at radius 1 is 1.00 bits per heavy atom. The Morgan fingerprint density at radius 3 is 2.25 bits per heavy atom. The number of aliphatic hydroxyl groups excluding tert-OH is 1. The van der Waals surface area contributed by atoms with Crippen LogP contribution in [0.5, 0.6) is 5.75 Å². The summed E-state index contributed by atoms with van der Waals surface area (Å²) in [5, 5.41) is 13.5. The van der Waals surface area contributed by atoms with E-state index in [9.17, 15) is 5.11 Å². The third-order valence-corrected chi connectivity index (χ3v) is 3.42. The number of hydrogen-bond acceptors (Lipinski definition) is 3. The topological polar surface area (TPSA) is 41.5 Å². The summed E-state index contributed by atoms with van der Waals surface area (Å²) < 4.78 is 5.14. The van der Waals surface area contributed by atoms with Gasteiger partial charge >= 0.3 is 0 Å². The lowest BCUT2D eigenvalue weighted by atomic mass is 10.1. The minimum Gasteiger partial charge on any atom is -0.497 e. The zero-order valence-corrected chi connectivity index (χ0v) is 11.9. The zero-order chi connectivity index (χ0) is 14.4. The number of nitrogens with one attached hydrogen (secondary N) is 1. The van der Waals surface area contributed by atoms with E-state index in [2.05, 4.69) is 12.2 Å². The predicted octanol–water partition coefficient (Wildman–Crippen LogP) is 3.08. The maximum absolute atomic E-state index is 10.1. The van der Waals surface area contributed by atoms with Gasteiger partial charge in [-0.2, -0.15) is 0 Å². The van der Waals surface area contributed by atoms with Gasteiger partial charge in [-0.05, 0) is 30.2 Å². The highest BCUT2D eigenvalue weighted by atomic mass is 16.5. The molecule has 0 aromatic heterocycles. The molecule has 0 heterocycles. The maximum Gasteiger partial charge on any atom is 0.118 e. The normalized spacial score (nSPS) is 13.8. The fourth-order valence-electron chi connectivity index (χ4n) is 2.09. The molecule has 20 heavy (non-hydrogen) atoms. The molecule has 0 saturated heterocycles. The van der Waals surface area contributed by atoms with E-state index in [-0.39, 0.29) is 6.04 Å². The molecule has 2 rings (SSSR count). The molecule has 2 N–H and O–H groups in total. The Labute approximate surface area is 120 Å². The highest BCUT2D eigenvalue weighted by Gasteiger charge is 2.10. The number of benzene rings is 2. The smallest absolute Gasteiger partial charge is 0.118 e. The van der Waals surface area contributed by atoms with E-state index in [1.165, 1.54) is 5.56 Å². The Morgan fingerprint density at radius 2 is 1.65 bits per heavy atom. The molecule has 3 heteroatoms. The lowest BCUT2D eigenvalue weighted by molar-refractivity contribution is 0.171. The SMILES string of the molecule is COc1ccc([C@H](C)NCC(O)c2ccccc2)cc1. The Kier molecular flexibility index (Phi) is 5.16. The number of aliphatic hydroxyl groups is 1. The van der Waals surface area contributed by atoms with E-state index in [1.54, 1.807) is 7.11 Å². The summed E-state index contributed by atoms with van der Waals surface area (Å²) in [6.07, 6.45) is -0.489. The average molecular weight is 271 g/mol. The largest absolute Gasteiger partial charge is 0.497 e. The molecule has 0 aliphatic carbocycles. The van der Waals surface area contributed by atoms with Crippen molar-refractivity contribution in [1.29, 1.82) is 0 Å². The van der Waals surface area contributed by atoms with E-state index < -0.39 is 6.10 Å². The quantitative estimate of drug-likeness (QED) is 0.848. The first-order valence-corrected chi connectivity index (χ1v) is 6.81. The zero-order valence-electron chi connectivity index (χ0n) is 11.9. The molecule has 2 atom stereocenters. The van der Waals surface area contributed by atoms with E-state index in [4.69, 9.17) is 4.74 Å². The molecule has 0 aliphatic heterocycles. The molecule has 0 fully saturated rings. The van der Waals surface area contributed by atoms with Gasteiger partial charge in [0, 0.05) is 12.6 Å². The van der Waals surface area contributed by atoms with Gasteiger partial charge in [-0.15, -0.1) is 0 Å². The Balaban J connectivity index is 1.89. The van der Waals surface area contributed by atoms with Crippen LogP contribution in [-0.2, 0) is 0 Å². The minimum atomic E-state index is -0.489. The number of hydrogen-bond donors (Lipinski definition) is 2. The number of ether oxygens (including phenoxy) is 1. The lowest BCUT2D eigenvalue weighted by Gasteiger charge is -2.18. The van der Waals surface area contributed by atoms with Gasteiger partial charge in [0.2, 0.25) is 0 Å². The second kappa shape index (κ2) is 7.08. The third-order valence-electron chi connectivity index (χ3n) is 3.42. The van der Waals surface area contributed by atoms with Crippen LogP contribution in [0.25, 0.3) is 0 Å². The highest BCUT2D eigenvalue weighted by Crippen LogP contribution is 2.18. The van der Waals surface area contributed by atoms with Crippen LogP contribution in [0.3, 0.4) is 0 Å². The van der Waals surface area contributed by atoms with E-state index in [0.717, 1.165) is 11.3 Å². The van der Waals surface area contributed by atoms with Crippen LogP contribution in [0.4, 0.5) is 0 Å². The predicted molar refractivity (Wildman–Crippen MR) is 80.8 cm³/mol. The van der Waals surface area contributed by atoms with Gasteiger partial charge in [-0.3, -0.25) is 0 Å². The molecule has 0 bridgehead atoms. The fraction of sp³-hybridized carbons (Fsp3) is 0.294. The van der Waals surface area contributed by atoms with Crippen molar-refractivity contribution in [1.82, 2.24) is 5.32 Å². The molecular weight excluding hydrogens is 250 g/mol. The van der Waals surface area contributed by atoms with E-state index in [1.807, 2.05) is 54.6 Å². The van der Waals surface area contributed by atoms with Crippen molar-refractivity contribution in [3.8, 4) is 5.75 Å². The summed E-state index contributed by atoms with van der Waals surface area (Å²) in [5.41, 5.74) is 2.10. The molecule has 0 aliphatic rings. The molecule has 0 radical (unpaired) electrons. The maximum atomic E-state index is 10.1. The molecule has 0 spiro atoms. The summed E-state index contributed by atoms with van der Waals surface area (Å²) in [5.74, 6) is 0.852. The number of methoxy groups -OCH3 is 1. The van der Waals surface area contributed by atoms with Gasteiger partial charge in [-0.1, -0.05) is 42.5 Å². The molecule has 2 aromatic rings. The van der Waals surface area contributed by atoms with Crippen molar-refractivity contribution in [3.63, 3.8) is 0 Å². The van der Waals surface area contributed by atoms with Crippen molar-refractivity contribution in [2.24, 2.45) is 0 Å². The van der Waals surface area contributed by atoms with Crippen molar-refractivity contribution in [3.05, 3.63) is 65.7 Å². The Hall–Kier alpha value is -1.84. The van der Waals surface area contributed by atoms with Crippen LogP contribution in [0, 0.1) is 0 Å². The molecular formula is C17H21NO2. The van der Waals surface area contributed by atoms with Crippen molar-refractivity contribution in [2.45, 2.75) is 19.1 Å². The van der Waals surface area contributed by atoms with Crippen molar-refractivity contribution < 1.29 is 9.84 Å². The lowest BCUT2D eigenvalue weighted by Crippen LogP contribution is -2.24. The molecule has 0 saturated carbocycles. The van der Waals surface area contributed by atoms with Crippen molar-refractivity contribution in [2.75, 3.05) is 13.7 Å². The summed E-state index contributed by atoms with van der Waals surface area (Å²) >= 11 is 0. The summed E-state index contributed by atoms with van der Waals surface area (Å²) in [7, 11) is 1.66. The molecule has 106 valence electrons. The van der Waals surface area contributed by atoms with Gasteiger partial charge in [0.15, 0.2) is 0 Å². The van der Waals surface area contributed by atoms with Gasteiger partial charge in [0.05, 0.1) is 13.2 Å². The first kappa shape index (κ1) is 14.6. The average Bonchev–Trinajstić information content (AvgIpc) is 2.53. The van der Waals surface area contributed by atoms with Crippen molar-refractivity contribution >= 4 is 0 Å². The third kappa shape index (κ3) is 3.83. The van der Waals surface area contributed by atoms with Crippen LogP contribution in [0.15, 0.2) is 54.6 Å². The fourth-order valence-corrected chi connectivity index (χ4v) is 2.09. The second-order valence-corrected chi connectivity index (χ2v) is 4.83. The first-order valence-electron chi connectivity index (χ1n) is 6.81. The first-order chi connectivity index (χ1) is 9.70. The van der Waals surface area contributed by atoms with E-state index >= 15 is 0 Å². The van der Waals surface area contributed by atoms with Gasteiger partial charge < -0.3 is 15.2 Å². The van der Waals surface area contributed by atoms with E-state index in [0.29, 0.717) is 6.54 Å². The highest BCUT2D eigenvalue weighted by molar-refractivity contribution is 5.28. The van der Waals surface area contributed by atoms with Crippen LogP contribution < -0.4 is 10.1 Å². The van der Waals surface area contributed by atoms with Crippen LogP contribution >= 0.6 is 0 Å². The molecule has 3 nitrogen and oxygen atoms in total. The molecule has 2 aromatic carbocycles. The van der Waals surface area contributed by atoms with Crippen LogP contribution in [-0.4, -0.2) is 18.8 Å². The summed E-state index contributed by atoms with van der Waals surface area (Å²) in [6.45, 7) is 2.61. The van der Waals surface area contributed by atoms with Gasteiger partial charge in [-0.25, -0.2) is 0 Å². The van der Waals surface area contributed by atoms with Crippen LogP contribution in [0.1, 0.15) is 30.2 Å².